The maximum atomic E-state index is 15.6. The van der Waals surface area contributed by atoms with Gasteiger partial charge in [-0.15, -0.1) is 0 Å². The Kier molecular flexibility index (Phi) is 5.72. The minimum atomic E-state index is -1.89. The molecule has 6 aromatic rings. The van der Waals surface area contributed by atoms with E-state index in [2.05, 4.69) is 0 Å². The average Bonchev–Trinajstić information content (AvgIpc) is 3.32. The van der Waals surface area contributed by atoms with Crippen LogP contribution in [0, 0.1) is 24.0 Å². The lowest BCUT2D eigenvalue weighted by Gasteiger charge is -2.18. The number of benzene rings is 4. The lowest BCUT2D eigenvalue weighted by Crippen LogP contribution is -2.33. The van der Waals surface area contributed by atoms with Crippen molar-refractivity contribution in [2.24, 2.45) is 12.5 Å². The van der Waals surface area contributed by atoms with Gasteiger partial charge in [-0.05, 0) is 53.1 Å². The molecule has 4 heteroatoms. The maximum Gasteiger partial charge on any atom is 0.219 e. The molecular formula is C36H32F2NO+. The Morgan fingerprint density at radius 3 is 2.02 bits per heavy atom. The molecule has 2 nitrogen and oxygen atoms in total. The monoisotopic (exact) mass is 534 g/mol. The third kappa shape index (κ3) is 4.58. The van der Waals surface area contributed by atoms with Gasteiger partial charge in [0.15, 0.2) is 6.20 Å². The van der Waals surface area contributed by atoms with E-state index in [0.717, 1.165) is 27.5 Å². The molecule has 0 radical (unpaired) electrons. The Labute approximate surface area is 236 Å². The van der Waals surface area contributed by atoms with Gasteiger partial charge in [-0.1, -0.05) is 87.5 Å². The van der Waals surface area contributed by atoms with Crippen molar-refractivity contribution in [3.8, 4) is 33.5 Å². The number of fused-ring (bicyclic) bond motifs is 3. The summed E-state index contributed by atoms with van der Waals surface area (Å²) in [4.78, 5) is 0. The third-order valence-electron chi connectivity index (χ3n) is 7.24. The second-order valence-electron chi connectivity index (χ2n) is 11.4. The van der Waals surface area contributed by atoms with Crippen molar-refractivity contribution in [2.75, 3.05) is 0 Å². The summed E-state index contributed by atoms with van der Waals surface area (Å²) in [6.07, 6.45) is -0.369. The van der Waals surface area contributed by atoms with Gasteiger partial charge in [0.1, 0.15) is 29.8 Å². The molecule has 0 aliphatic rings. The number of aryl methyl sites for hydroxylation is 2. The highest BCUT2D eigenvalue weighted by Crippen LogP contribution is 2.42. The lowest BCUT2D eigenvalue weighted by molar-refractivity contribution is -0.661. The van der Waals surface area contributed by atoms with Crippen LogP contribution in [0.25, 0.3) is 55.4 Å². The van der Waals surface area contributed by atoms with Gasteiger partial charge in [-0.25, -0.2) is 13.3 Å². The van der Waals surface area contributed by atoms with Crippen LogP contribution < -0.4 is 4.57 Å². The highest BCUT2D eigenvalue weighted by molar-refractivity contribution is 6.13. The van der Waals surface area contributed by atoms with Gasteiger partial charge in [0.2, 0.25) is 5.69 Å². The zero-order chi connectivity index (χ0) is 30.0. The fraction of sp³-hybridized carbons (Fsp3) is 0.194. The van der Waals surface area contributed by atoms with Crippen molar-refractivity contribution in [3.63, 3.8) is 0 Å². The lowest BCUT2D eigenvalue weighted by atomic mass is 9.88. The minimum Gasteiger partial charge on any atom is -0.454 e. The van der Waals surface area contributed by atoms with Crippen LogP contribution in [0.1, 0.15) is 34.6 Å². The number of halogens is 2. The van der Waals surface area contributed by atoms with E-state index in [0.29, 0.717) is 33.6 Å². The van der Waals surface area contributed by atoms with E-state index in [4.69, 9.17) is 7.16 Å². The summed E-state index contributed by atoms with van der Waals surface area (Å²) in [5.41, 5.74) is 5.39. The average molecular weight is 535 g/mol. The number of nitrogens with zero attached hydrogens (tertiary/aromatic N) is 1. The molecule has 0 spiro atoms. The third-order valence-corrected chi connectivity index (χ3v) is 7.24. The molecular weight excluding hydrogens is 500 g/mol. The number of rotatable bonds is 4. The molecule has 0 saturated heterocycles. The largest absolute Gasteiger partial charge is 0.454 e. The molecule has 0 bridgehead atoms. The van der Waals surface area contributed by atoms with Crippen LogP contribution in [0.5, 0.6) is 0 Å². The second kappa shape index (κ2) is 9.71. The van der Waals surface area contributed by atoms with Crippen molar-refractivity contribution in [1.82, 2.24) is 0 Å². The van der Waals surface area contributed by atoms with Gasteiger partial charge in [0.05, 0.1) is 16.7 Å². The topological polar surface area (TPSA) is 17.0 Å². The second-order valence-corrected chi connectivity index (χ2v) is 11.4. The van der Waals surface area contributed by atoms with Crippen LogP contribution >= 0.6 is 0 Å². The molecule has 2 aromatic heterocycles. The van der Waals surface area contributed by atoms with Crippen molar-refractivity contribution in [3.05, 3.63) is 114 Å². The van der Waals surface area contributed by atoms with Gasteiger partial charge in [0.25, 0.3) is 0 Å². The highest BCUT2D eigenvalue weighted by atomic mass is 19.1. The summed E-state index contributed by atoms with van der Waals surface area (Å²) in [6, 6.07) is 26.2. The molecule has 40 heavy (non-hydrogen) atoms. The predicted molar refractivity (Wildman–Crippen MR) is 159 cm³/mol. The summed E-state index contributed by atoms with van der Waals surface area (Å²) in [5.74, 6) is -1.02. The zero-order valence-corrected chi connectivity index (χ0v) is 23.3. The summed E-state index contributed by atoms with van der Waals surface area (Å²) in [6.45, 7) is 7.19. The first-order valence-corrected chi connectivity index (χ1v) is 13.4. The number of hydrogen-bond donors (Lipinski definition) is 0. The molecule has 200 valence electrons. The fourth-order valence-corrected chi connectivity index (χ4v) is 5.39. The summed E-state index contributed by atoms with van der Waals surface area (Å²) < 4.78 is 56.6. The molecule has 6 rings (SSSR count). The minimum absolute atomic E-state index is 0.000934. The number of pyridine rings is 1. The molecule has 4 aromatic carbocycles. The van der Waals surface area contributed by atoms with Crippen LogP contribution in [0.15, 0.2) is 95.5 Å². The summed E-state index contributed by atoms with van der Waals surface area (Å²) in [5, 5.41) is 1.56. The molecule has 0 N–H and O–H groups in total. The van der Waals surface area contributed by atoms with Crippen molar-refractivity contribution in [2.45, 2.75) is 34.1 Å². The van der Waals surface area contributed by atoms with Crippen LogP contribution in [-0.2, 0) is 13.4 Å². The SMILES string of the molecule is [2H]C([2H])(c1c[n+](C)c(-c2c(C)ccc3c2oc2c(-c4ccc(-c5ccccc5)cc4)c(F)ccc23)cc1F)C(C)(C)C. The van der Waals surface area contributed by atoms with Crippen molar-refractivity contribution < 1.29 is 20.5 Å². The van der Waals surface area contributed by atoms with Crippen LogP contribution in [-0.4, -0.2) is 0 Å². The van der Waals surface area contributed by atoms with Gasteiger partial charge < -0.3 is 4.42 Å². The number of hydrogen-bond acceptors (Lipinski definition) is 1. The Balaban J connectivity index is 1.54. The van der Waals surface area contributed by atoms with E-state index in [9.17, 15) is 0 Å². The van der Waals surface area contributed by atoms with E-state index in [-0.39, 0.29) is 5.56 Å². The Morgan fingerprint density at radius 1 is 0.750 bits per heavy atom. The maximum absolute atomic E-state index is 15.6. The quantitative estimate of drug-likeness (QED) is 0.206. The normalized spacial score (nSPS) is 13.1. The van der Waals surface area contributed by atoms with Gasteiger partial charge in [-0.2, -0.15) is 0 Å². The molecule has 0 unspecified atom stereocenters. The molecule has 0 fully saturated rings. The standard InChI is InChI=1S/C36H32F2NO/c1-22-11-16-27-28-17-18-29(37)33(25-14-12-24(13-15-25)23-9-7-6-8-10-23)35(28)40-34(27)32(22)31-19-30(38)26(21-39(31)5)20-36(2,3)4/h6-19,21H,20H2,1-5H3/q+1/i20D2. The predicted octanol–water partition coefficient (Wildman–Crippen LogP) is 9.59. The molecule has 0 saturated carbocycles. The number of aromatic nitrogens is 1. The van der Waals surface area contributed by atoms with E-state index < -0.39 is 23.4 Å². The van der Waals surface area contributed by atoms with E-state index in [1.54, 1.807) is 38.5 Å². The van der Waals surface area contributed by atoms with Crippen LogP contribution in [0.4, 0.5) is 8.78 Å². The van der Waals surface area contributed by atoms with Crippen LogP contribution in [0.2, 0.25) is 0 Å². The van der Waals surface area contributed by atoms with E-state index in [1.165, 1.54) is 18.3 Å². The van der Waals surface area contributed by atoms with E-state index >= 15 is 8.78 Å². The Morgan fingerprint density at radius 2 is 1.35 bits per heavy atom. The van der Waals surface area contributed by atoms with E-state index in [1.807, 2.05) is 73.7 Å². The molecule has 0 amide bonds. The Hall–Kier alpha value is -4.31. The molecule has 0 aliphatic carbocycles. The molecule has 2 heterocycles. The van der Waals surface area contributed by atoms with Gasteiger partial charge >= 0.3 is 0 Å². The number of furan rings is 1. The smallest absolute Gasteiger partial charge is 0.219 e. The van der Waals surface area contributed by atoms with Crippen molar-refractivity contribution in [1.29, 1.82) is 0 Å². The zero-order valence-electron chi connectivity index (χ0n) is 25.3. The van der Waals surface area contributed by atoms with Gasteiger partial charge in [0, 0.05) is 19.6 Å². The van der Waals surface area contributed by atoms with Gasteiger partial charge in [-0.3, -0.25) is 0 Å². The first-order valence-electron chi connectivity index (χ1n) is 14.4. The molecule has 0 aliphatic heterocycles. The summed E-state index contributed by atoms with van der Waals surface area (Å²) >= 11 is 0. The first kappa shape index (κ1) is 23.6. The fourth-order valence-electron chi connectivity index (χ4n) is 5.39. The summed E-state index contributed by atoms with van der Waals surface area (Å²) in [7, 11) is 1.78. The first-order chi connectivity index (χ1) is 19.9. The highest BCUT2D eigenvalue weighted by Gasteiger charge is 2.26. The Bertz CT molecular complexity index is 1970. The molecule has 0 atom stereocenters. The van der Waals surface area contributed by atoms with Crippen molar-refractivity contribution >= 4 is 21.9 Å². The van der Waals surface area contributed by atoms with Crippen LogP contribution in [0.3, 0.4) is 0 Å².